The molecule has 6 heteroatoms. The van der Waals surface area contributed by atoms with Crippen LogP contribution in [0.3, 0.4) is 0 Å². The van der Waals surface area contributed by atoms with Crippen LogP contribution in [0, 0.1) is 0 Å². The second-order valence-electron chi connectivity index (χ2n) is 7.61. The number of nitrogens with one attached hydrogen (secondary N) is 1. The number of carbonyl (C=O) groups excluding carboxylic acids is 2. The SMILES string of the molecule is O=C1c2ccccc2[C@@H](C=NCCC[NH+]2CCCC2)C(=O)N1c1ccccc1Cl. The Balaban J connectivity index is 1.56. The number of hydrogen-bond donors (Lipinski definition) is 1. The standard InChI is InChI=1S/C23H24ClN3O2/c24-20-10-3-4-11-21(20)27-22(28)18-9-2-1-8-17(18)19(23(27)29)16-25-12-7-15-26-13-5-6-14-26/h1-4,8-11,16,19H,5-7,12-15H2/p+1/t19-/m1/s1. The van der Waals surface area contributed by atoms with Gasteiger partial charge in [-0.1, -0.05) is 41.9 Å². The lowest BCUT2D eigenvalue weighted by atomic mass is 9.89. The van der Waals surface area contributed by atoms with Gasteiger partial charge >= 0.3 is 0 Å². The van der Waals surface area contributed by atoms with Gasteiger partial charge in [0.15, 0.2) is 0 Å². The van der Waals surface area contributed by atoms with Crippen LogP contribution in [0.4, 0.5) is 5.69 Å². The van der Waals surface area contributed by atoms with E-state index in [4.69, 9.17) is 11.6 Å². The minimum Gasteiger partial charge on any atom is -0.335 e. The highest BCUT2D eigenvalue weighted by Gasteiger charge is 2.39. The van der Waals surface area contributed by atoms with Crippen molar-refractivity contribution in [2.75, 3.05) is 31.1 Å². The Labute approximate surface area is 176 Å². The summed E-state index contributed by atoms with van der Waals surface area (Å²) < 4.78 is 0. The summed E-state index contributed by atoms with van der Waals surface area (Å²) in [4.78, 5) is 33.7. The van der Waals surface area contributed by atoms with Crippen LogP contribution < -0.4 is 9.80 Å². The summed E-state index contributed by atoms with van der Waals surface area (Å²) in [5.41, 5.74) is 1.64. The van der Waals surface area contributed by atoms with Crippen molar-refractivity contribution in [3.63, 3.8) is 0 Å². The zero-order valence-electron chi connectivity index (χ0n) is 16.3. The number of anilines is 1. The van der Waals surface area contributed by atoms with Crippen molar-refractivity contribution in [2.24, 2.45) is 4.99 Å². The van der Waals surface area contributed by atoms with Crippen molar-refractivity contribution in [1.29, 1.82) is 0 Å². The number of hydrogen-bond acceptors (Lipinski definition) is 3. The van der Waals surface area contributed by atoms with E-state index >= 15 is 0 Å². The molecule has 0 saturated carbocycles. The van der Waals surface area contributed by atoms with E-state index < -0.39 is 5.92 Å². The molecule has 0 bridgehead atoms. The number of imide groups is 1. The number of carbonyl (C=O) groups is 2. The van der Waals surface area contributed by atoms with Gasteiger partial charge < -0.3 is 4.90 Å². The van der Waals surface area contributed by atoms with E-state index in [0.29, 0.717) is 28.4 Å². The highest BCUT2D eigenvalue weighted by Crippen LogP contribution is 2.35. The molecular weight excluding hydrogens is 386 g/mol. The Morgan fingerprint density at radius 3 is 2.59 bits per heavy atom. The summed E-state index contributed by atoms with van der Waals surface area (Å²) >= 11 is 6.29. The fraction of sp³-hybridized carbons (Fsp3) is 0.348. The molecule has 150 valence electrons. The van der Waals surface area contributed by atoms with Crippen molar-refractivity contribution >= 4 is 35.3 Å². The molecule has 1 N–H and O–H groups in total. The Morgan fingerprint density at radius 2 is 1.79 bits per heavy atom. The van der Waals surface area contributed by atoms with Gasteiger partial charge in [-0.15, -0.1) is 0 Å². The number of amides is 2. The van der Waals surface area contributed by atoms with Crippen LogP contribution in [0.2, 0.25) is 5.02 Å². The maximum atomic E-state index is 13.3. The van der Waals surface area contributed by atoms with E-state index in [1.54, 1.807) is 41.4 Å². The number of aliphatic imine (C=N–C) groups is 1. The predicted octanol–water partition coefficient (Wildman–Crippen LogP) is 2.75. The third kappa shape index (κ3) is 4.11. The highest BCUT2D eigenvalue weighted by molar-refractivity contribution is 6.37. The summed E-state index contributed by atoms with van der Waals surface area (Å²) in [5, 5.41) is 0.373. The van der Waals surface area contributed by atoms with Gasteiger partial charge in [-0.25, -0.2) is 4.90 Å². The van der Waals surface area contributed by atoms with Gasteiger partial charge in [-0.3, -0.25) is 14.6 Å². The predicted molar refractivity (Wildman–Crippen MR) is 115 cm³/mol. The molecule has 1 saturated heterocycles. The van der Waals surface area contributed by atoms with Gasteiger partial charge in [0.1, 0.15) is 0 Å². The molecule has 0 spiro atoms. The second-order valence-corrected chi connectivity index (χ2v) is 8.02. The van der Waals surface area contributed by atoms with E-state index in [9.17, 15) is 9.59 Å². The maximum absolute atomic E-state index is 13.3. The molecule has 0 radical (unpaired) electrons. The minimum atomic E-state index is -0.584. The molecule has 0 aliphatic carbocycles. The number of nitrogens with zero attached hydrogens (tertiary/aromatic N) is 2. The van der Waals surface area contributed by atoms with Crippen molar-refractivity contribution in [1.82, 2.24) is 0 Å². The summed E-state index contributed by atoms with van der Waals surface area (Å²) in [6, 6.07) is 14.2. The summed E-state index contributed by atoms with van der Waals surface area (Å²) in [6.45, 7) is 4.33. The lowest BCUT2D eigenvalue weighted by molar-refractivity contribution is -0.887. The van der Waals surface area contributed by atoms with E-state index in [2.05, 4.69) is 4.99 Å². The van der Waals surface area contributed by atoms with Gasteiger partial charge in [0.2, 0.25) is 5.91 Å². The Kier molecular flexibility index (Phi) is 6.07. The van der Waals surface area contributed by atoms with Gasteiger partial charge in [0.25, 0.3) is 5.91 Å². The first-order valence-corrected chi connectivity index (χ1v) is 10.6. The summed E-state index contributed by atoms with van der Waals surface area (Å²) in [5.74, 6) is -1.24. The van der Waals surface area contributed by atoms with Crippen LogP contribution >= 0.6 is 11.6 Å². The van der Waals surface area contributed by atoms with Crippen LogP contribution in [-0.2, 0) is 4.79 Å². The zero-order valence-corrected chi connectivity index (χ0v) is 17.1. The molecule has 2 aromatic rings. The average molecular weight is 411 g/mol. The number of benzene rings is 2. The Hall–Kier alpha value is -2.50. The molecule has 2 aliphatic heterocycles. The van der Waals surface area contributed by atoms with Gasteiger partial charge in [-0.05, 0) is 23.8 Å². The van der Waals surface area contributed by atoms with Crippen molar-refractivity contribution in [2.45, 2.75) is 25.2 Å². The van der Waals surface area contributed by atoms with Crippen LogP contribution in [0.15, 0.2) is 53.5 Å². The monoisotopic (exact) mass is 410 g/mol. The zero-order chi connectivity index (χ0) is 20.2. The van der Waals surface area contributed by atoms with Crippen LogP contribution in [0.25, 0.3) is 0 Å². The normalized spacial score (nSPS) is 19.9. The lowest BCUT2D eigenvalue weighted by Crippen LogP contribution is -3.10. The van der Waals surface area contributed by atoms with E-state index in [1.807, 2.05) is 18.2 Å². The molecule has 5 nitrogen and oxygen atoms in total. The molecule has 4 rings (SSSR count). The van der Waals surface area contributed by atoms with Crippen LogP contribution in [0.1, 0.15) is 41.1 Å². The lowest BCUT2D eigenvalue weighted by Gasteiger charge is -2.31. The first-order chi connectivity index (χ1) is 14.2. The third-order valence-electron chi connectivity index (χ3n) is 5.69. The van der Waals surface area contributed by atoms with Crippen LogP contribution in [0.5, 0.6) is 0 Å². The Bertz CT molecular complexity index is 937. The van der Waals surface area contributed by atoms with Gasteiger partial charge in [-0.2, -0.15) is 0 Å². The van der Waals surface area contributed by atoms with E-state index in [0.717, 1.165) is 13.0 Å². The number of halogens is 1. The number of para-hydroxylation sites is 1. The molecular formula is C23H25ClN3O2+. The van der Waals surface area contributed by atoms with Gasteiger partial charge in [0, 0.05) is 37.6 Å². The second kappa shape index (κ2) is 8.89. The molecule has 1 fully saturated rings. The Morgan fingerprint density at radius 1 is 1.07 bits per heavy atom. The molecule has 0 aromatic heterocycles. The number of fused-ring (bicyclic) bond motifs is 1. The average Bonchev–Trinajstić information content (AvgIpc) is 3.25. The molecule has 2 amide bonds. The quantitative estimate of drug-likeness (QED) is 0.452. The van der Waals surface area contributed by atoms with E-state index in [-0.39, 0.29) is 11.8 Å². The molecule has 0 unspecified atom stereocenters. The third-order valence-corrected chi connectivity index (χ3v) is 6.01. The fourth-order valence-corrected chi connectivity index (χ4v) is 4.41. The van der Waals surface area contributed by atoms with Crippen LogP contribution in [-0.4, -0.2) is 44.2 Å². The fourth-order valence-electron chi connectivity index (χ4n) is 4.19. The van der Waals surface area contributed by atoms with E-state index in [1.165, 1.54) is 30.8 Å². The first kappa shape index (κ1) is 19.8. The summed E-state index contributed by atoms with van der Waals surface area (Å²) in [7, 11) is 0. The summed E-state index contributed by atoms with van der Waals surface area (Å²) in [6.07, 6.45) is 5.34. The maximum Gasteiger partial charge on any atom is 0.265 e. The van der Waals surface area contributed by atoms with Crippen molar-refractivity contribution < 1.29 is 14.5 Å². The largest absolute Gasteiger partial charge is 0.335 e. The highest BCUT2D eigenvalue weighted by atomic mass is 35.5. The number of likely N-dealkylation sites (tertiary alicyclic amines) is 1. The molecule has 2 aliphatic rings. The van der Waals surface area contributed by atoms with Gasteiger partial charge in [0.05, 0.1) is 36.3 Å². The molecule has 2 heterocycles. The molecule has 29 heavy (non-hydrogen) atoms. The molecule has 2 aromatic carbocycles. The topological polar surface area (TPSA) is 54.2 Å². The number of quaternary nitrogens is 1. The first-order valence-electron chi connectivity index (χ1n) is 10.2. The van der Waals surface area contributed by atoms with Crippen molar-refractivity contribution in [3.05, 3.63) is 64.7 Å². The van der Waals surface area contributed by atoms with Crippen molar-refractivity contribution in [3.8, 4) is 0 Å². The molecule has 1 atom stereocenters. The minimum absolute atomic E-state index is 0.310. The number of rotatable bonds is 6. The smallest absolute Gasteiger partial charge is 0.265 e.